The Morgan fingerprint density at radius 3 is 1.86 bits per heavy atom. The van der Waals surface area contributed by atoms with Crippen LogP contribution >= 0.6 is 0 Å². The molecule has 0 aromatic rings. The van der Waals surface area contributed by atoms with Crippen LogP contribution in [-0.4, -0.2) is 16.6 Å². The predicted octanol–water partition coefficient (Wildman–Crippen LogP) is 4.23. The van der Waals surface area contributed by atoms with E-state index in [0.717, 1.165) is 11.5 Å². The summed E-state index contributed by atoms with van der Waals surface area (Å²) in [6.45, 7) is 18.9. The van der Waals surface area contributed by atoms with Crippen LogP contribution in [0.25, 0.3) is 0 Å². The second-order valence-electron chi connectivity index (χ2n) is 6.76. The number of rotatable bonds is 3. The normalized spacial score (nSPS) is 36.2. The highest BCUT2D eigenvalue weighted by atomic mass is 28.4. The highest BCUT2D eigenvalue weighted by Crippen LogP contribution is 2.74. The third-order valence-electron chi connectivity index (χ3n) is 3.75. The first-order valence-electron chi connectivity index (χ1n) is 5.72. The zero-order valence-corrected chi connectivity index (χ0v) is 13.1. The lowest BCUT2D eigenvalue weighted by atomic mass is 10.0. The van der Waals surface area contributed by atoms with Gasteiger partial charge in [0, 0.05) is 0 Å². The van der Waals surface area contributed by atoms with Crippen molar-refractivity contribution < 1.29 is 4.12 Å². The molecule has 0 aliphatic carbocycles. The Labute approximate surface area is 91.5 Å². The van der Waals surface area contributed by atoms with Crippen LogP contribution in [0.2, 0.25) is 36.8 Å². The van der Waals surface area contributed by atoms with Crippen molar-refractivity contribution in [2.75, 3.05) is 0 Å². The van der Waals surface area contributed by atoms with Crippen LogP contribution < -0.4 is 0 Å². The molecule has 84 valence electrons. The van der Waals surface area contributed by atoms with Gasteiger partial charge in [0.15, 0.2) is 16.6 Å². The van der Waals surface area contributed by atoms with E-state index in [1.165, 1.54) is 0 Å². The molecule has 1 fully saturated rings. The van der Waals surface area contributed by atoms with Crippen molar-refractivity contribution in [1.29, 1.82) is 0 Å². The molecular weight excluding hydrogens is 204 g/mol. The minimum Gasteiger partial charge on any atom is -0.455 e. The van der Waals surface area contributed by atoms with E-state index in [2.05, 4.69) is 53.9 Å². The Bertz CT molecular complexity index is 230. The van der Waals surface area contributed by atoms with Gasteiger partial charge < -0.3 is 4.12 Å². The van der Waals surface area contributed by atoms with Gasteiger partial charge in [-0.25, -0.2) is 0 Å². The molecule has 0 spiro atoms. The maximum Gasteiger partial charge on any atom is 0.186 e. The molecule has 0 N–H and O–H groups in total. The third kappa shape index (κ3) is 1.86. The molecule has 1 aliphatic heterocycles. The molecule has 2 atom stereocenters. The van der Waals surface area contributed by atoms with Gasteiger partial charge in [-0.05, 0) is 42.7 Å². The molecule has 0 aromatic carbocycles. The molecule has 14 heavy (non-hydrogen) atoms. The molecule has 1 nitrogen and oxygen atoms in total. The van der Waals surface area contributed by atoms with Crippen LogP contribution in [0.5, 0.6) is 0 Å². The highest BCUT2D eigenvalue weighted by Gasteiger charge is 2.73. The summed E-state index contributed by atoms with van der Waals surface area (Å²) >= 11 is 0. The molecule has 0 aromatic heterocycles. The topological polar surface area (TPSA) is 9.23 Å². The Morgan fingerprint density at radius 1 is 1.21 bits per heavy atom. The van der Waals surface area contributed by atoms with Crippen molar-refractivity contribution in [2.24, 2.45) is 5.92 Å². The zero-order chi connectivity index (χ0) is 11.4. The maximum absolute atomic E-state index is 6.50. The predicted molar refractivity (Wildman–Crippen MR) is 68.7 cm³/mol. The van der Waals surface area contributed by atoms with Crippen molar-refractivity contribution >= 4 is 16.6 Å². The SMILES string of the molecule is CC(C)C1C(C)(C)[Si]1(C)O[Si](C)(C)C. The molecule has 1 rings (SSSR count). The minimum atomic E-state index is -1.40. The first-order chi connectivity index (χ1) is 6.02. The summed E-state index contributed by atoms with van der Waals surface area (Å²) in [4.78, 5) is 0. The largest absolute Gasteiger partial charge is 0.455 e. The zero-order valence-electron chi connectivity index (χ0n) is 11.1. The van der Waals surface area contributed by atoms with Crippen LogP contribution in [0, 0.1) is 5.92 Å². The fourth-order valence-corrected chi connectivity index (χ4v) is 14.1. The van der Waals surface area contributed by atoms with E-state index in [0.29, 0.717) is 5.04 Å². The van der Waals surface area contributed by atoms with Crippen LogP contribution in [-0.2, 0) is 4.12 Å². The first kappa shape index (κ1) is 12.5. The average Bonchev–Trinajstić information content (AvgIpc) is 2.18. The van der Waals surface area contributed by atoms with E-state index < -0.39 is 16.6 Å². The van der Waals surface area contributed by atoms with Gasteiger partial charge in [-0.2, -0.15) is 0 Å². The lowest BCUT2D eigenvalue weighted by Crippen LogP contribution is -2.37. The summed E-state index contributed by atoms with van der Waals surface area (Å²) < 4.78 is 6.50. The summed E-state index contributed by atoms with van der Waals surface area (Å²) in [5.74, 6) is 0.790. The fourth-order valence-electron chi connectivity index (χ4n) is 3.29. The van der Waals surface area contributed by atoms with Gasteiger partial charge in [0.2, 0.25) is 0 Å². The Hall–Kier alpha value is 0.394. The van der Waals surface area contributed by atoms with E-state index in [1.54, 1.807) is 0 Å². The molecule has 1 aliphatic rings. The van der Waals surface area contributed by atoms with Gasteiger partial charge in [-0.3, -0.25) is 0 Å². The van der Waals surface area contributed by atoms with Crippen LogP contribution in [0.1, 0.15) is 27.7 Å². The molecule has 3 heteroatoms. The van der Waals surface area contributed by atoms with Gasteiger partial charge in [0.1, 0.15) is 0 Å². The summed E-state index contributed by atoms with van der Waals surface area (Å²) in [6, 6.07) is 0. The summed E-state index contributed by atoms with van der Waals surface area (Å²) in [5, 5.41) is 0.501. The molecule has 1 saturated heterocycles. The Morgan fingerprint density at radius 2 is 1.64 bits per heavy atom. The van der Waals surface area contributed by atoms with Gasteiger partial charge in [0.05, 0.1) is 0 Å². The summed E-state index contributed by atoms with van der Waals surface area (Å²) in [6.07, 6.45) is 0. The van der Waals surface area contributed by atoms with Crippen LogP contribution in [0.15, 0.2) is 0 Å². The standard InChI is InChI=1S/C11H26OSi2/c1-9(2)10-11(3,4)14(10,8)12-13(5,6)7/h9-10H,1-8H3. The fraction of sp³-hybridized carbons (Fsp3) is 1.00. The van der Waals surface area contributed by atoms with Crippen molar-refractivity contribution in [2.45, 2.75) is 64.5 Å². The monoisotopic (exact) mass is 230 g/mol. The third-order valence-corrected chi connectivity index (χ3v) is 13.0. The second-order valence-corrected chi connectivity index (χ2v) is 15.9. The minimum absolute atomic E-state index is 0.501. The van der Waals surface area contributed by atoms with Crippen LogP contribution in [0.3, 0.4) is 0 Å². The molecule has 0 radical (unpaired) electrons. The van der Waals surface area contributed by atoms with Crippen LogP contribution in [0.4, 0.5) is 0 Å². The second kappa shape index (κ2) is 3.19. The molecular formula is C11H26OSi2. The molecule has 2 unspecified atom stereocenters. The lowest BCUT2D eigenvalue weighted by Gasteiger charge is -2.26. The van der Waals surface area contributed by atoms with Crippen molar-refractivity contribution in [1.82, 2.24) is 0 Å². The Balaban J connectivity index is 2.79. The van der Waals surface area contributed by atoms with E-state index in [9.17, 15) is 0 Å². The first-order valence-corrected chi connectivity index (χ1v) is 11.6. The number of hydrogen-bond acceptors (Lipinski definition) is 1. The van der Waals surface area contributed by atoms with Gasteiger partial charge >= 0.3 is 0 Å². The molecule has 0 saturated carbocycles. The highest BCUT2D eigenvalue weighted by molar-refractivity contribution is 6.95. The molecule has 0 amide bonds. The quantitative estimate of drug-likeness (QED) is 0.659. The molecule has 1 heterocycles. The summed E-state index contributed by atoms with van der Waals surface area (Å²) in [7, 11) is -2.75. The number of hydrogen-bond donors (Lipinski definition) is 0. The van der Waals surface area contributed by atoms with E-state index in [4.69, 9.17) is 4.12 Å². The van der Waals surface area contributed by atoms with Crippen molar-refractivity contribution in [3.05, 3.63) is 0 Å². The summed E-state index contributed by atoms with van der Waals surface area (Å²) in [5.41, 5.74) is 0.863. The van der Waals surface area contributed by atoms with Crippen molar-refractivity contribution in [3.8, 4) is 0 Å². The smallest absolute Gasteiger partial charge is 0.186 e. The lowest BCUT2D eigenvalue weighted by molar-refractivity contribution is 0.553. The van der Waals surface area contributed by atoms with E-state index in [-0.39, 0.29) is 0 Å². The van der Waals surface area contributed by atoms with E-state index >= 15 is 0 Å². The van der Waals surface area contributed by atoms with Gasteiger partial charge in [-0.1, -0.05) is 27.7 Å². The maximum atomic E-state index is 6.50. The van der Waals surface area contributed by atoms with E-state index in [1.807, 2.05) is 0 Å². The van der Waals surface area contributed by atoms with Gasteiger partial charge in [-0.15, -0.1) is 0 Å². The molecule has 0 bridgehead atoms. The van der Waals surface area contributed by atoms with Crippen molar-refractivity contribution in [3.63, 3.8) is 0 Å². The van der Waals surface area contributed by atoms with Gasteiger partial charge in [0.25, 0.3) is 0 Å². The average molecular weight is 230 g/mol. The Kier molecular flexibility index (Phi) is 2.84.